The first-order valence-electron chi connectivity index (χ1n) is 7.61. The van der Waals surface area contributed by atoms with Gasteiger partial charge in [-0.05, 0) is 31.9 Å². The Balaban J connectivity index is 1.58. The fraction of sp³-hybridized carbons (Fsp3) is 0.500. The average Bonchev–Trinajstić information content (AvgIpc) is 3.15. The molecule has 2 amide bonds. The molecule has 22 heavy (non-hydrogen) atoms. The van der Waals surface area contributed by atoms with Crippen LogP contribution in [0.15, 0.2) is 24.3 Å². The smallest absolute Gasteiger partial charge is 0.317 e. The molecule has 3 rings (SSSR count). The van der Waals surface area contributed by atoms with E-state index in [4.69, 9.17) is 4.74 Å². The summed E-state index contributed by atoms with van der Waals surface area (Å²) in [6.07, 6.45) is 2.23. The van der Waals surface area contributed by atoms with Crippen molar-refractivity contribution < 1.29 is 9.53 Å². The minimum Gasteiger partial charge on any atom is -0.376 e. The monoisotopic (exact) mass is 319 g/mol. The minimum atomic E-state index is -0.0812. The predicted molar refractivity (Wildman–Crippen MR) is 88.1 cm³/mol. The molecule has 1 N–H and O–H groups in total. The van der Waals surface area contributed by atoms with Gasteiger partial charge in [0.1, 0.15) is 5.01 Å². The number of nitrogens with one attached hydrogen (secondary N) is 1. The Morgan fingerprint density at radius 3 is 3.09 bits per heavy atom. The van der Waals surface area contributed by atoms with Crippen LogP contribution in [-0.4, -0.2) is 41.7 Å². The molecule has 0 spiro atoms. The number of aromatic nitrogens is 1. The maximum absolute atomic E-state index is 12.3. The van der Waals surface area contributed by atoms with Gasteiger partial charge in [0, 0.05) is 13.7 Å². The SMILES string of the molecule is C[C@@H](NC(=O)N(C)Cc1nc2ccccc2s1)[C@@H]1CCCO1. The Hall–Kier alpha value is -1.66. The van der Waals surface area contributed by atoms with Crippen LogP contribution in [0.4, 0.5) is 4.79 Å². The topological polar surface area (TPSA) is 54.5 Å². The Labute approximate surface area is 134 Å². The Morgan fingerprint density at radius 1 is 1.55 bits per heavy atom. The van der Waals surface area contributed by atoms with Crippen LogP contribution in [0.1, 0.15) is 24.8 Å². The quantitative estimate of drug-likeness (QED) is 0.942. The molecule has 5 nitrogen and oxygen atoms in total. The lowest BCUT2D eigenvalue weighted by Gasteiger charge is -2.23. The number of urea groups is 1. The van der Waals surface area contributed by atoms with E-state index in [1.807, 2.05) is 25.1 Å². The molecule has 0 radical (unpaired) electrons. The van der Waals surface area contributed by atoms with E-state index >= 15 is 0 Å². The number of carbonyl (C=O) groups is 1. The van der Waals surface area contributed by atoms with Gasteiger partial charge in [0.15, 0.2) is 0 Å². The number of rotatable bonds is 4. The largest absolute Gasteiger partial charge is 0.376 e. The van der Waals surface area contributed by atoms with Crippen LogP contribution in [0.25, 0.3) is 10.2 Å². The first-order valence-corrected chi connectivity index (χ1v) is 8.43. The number of hydrogen-bond donors (Lipinski definition) is 1. The molecule has 2 aromatic rings. The van der Waals surface area contributed by atoms with Gasteiger partial charge >= 0.3 is 6.03 Å². The van der Waals surface area contributed by atoms with Gasteiger partial charge in [0.2, 0.25) is 0 Å². The summed E-state index contributed by atoms with van der Waals surface area (Å²) in [5, 5.41) is 3.96. The number of amides is 2. The van der Waals surface area contributed by atoms with E-state index < -0.39 is 0 Å². The second kappa shape index (κ2) is 6.62. The van der Waals surface area contributed by atoms with Gasteiger partial charge < -0.3 is 15.0 Å². The highest BCUT2D eigenvalue weighted by Gasteiger charge is 2.24. The summed E-state index contributed by atoms with van der Waals surface area (Å²) in [6, 6.07) is 7.98. The van der Waals surface area contributed by atoms with Crippen LogP contribution in [0.2, 0.25) is 0 Å². The van der Waals surface area contributed by atoms with E-state index in [9.17, 15) is 4.79 Å². The van der Waals surface area contributed by atoms with E-state index in [0.29, 0.717) is 6.54 Å². The van der Waals surface area contributed by atoms with Gasteiger partial charge in [0.05, 0.1) is 28.9 Å². The van der Waals surface area contributed by atoms with Crippen molar-refractivity contribution in [3.8, 4) is 0 Å². The summed E-state index contributed by atoms with van der Waals surface area (Å²) in [5.41, 5.74) is 0.990. The third-order valence-corrected chi connectivity index (χ3v) is 4.95. The number of para-hydroxylation sites is 1. The highest BCUT2D eigenvalue weighted by Crippen LogP contribution is 2.22. The Morgan fingerprint density at radius 2 is 2.36 bits per heavy atom. The van der Waals surface area contributed by atoms with Crippen molar-refractivity contribution in [3.63, 3.8) is 0 Å². The Kier molecular flexibility index (Phi) is 4.59. The summed E-state index contributed by atoms with van der Waals surface area (Å²) in [4.78, 5) is 18.5. The molecule has 1 aliphatic rings. The van der Waals surface area contributed by atoms with Gasteiger partial charge in [-0.1, -0.05) is 12.1 Å². The summed E-state index contributed by atoms with van der Waals surface area (Å²) in [6.45, 7) is 3.31. The lowest BCUT2D eigenvalue weighted by Crippen LogP contribution is -2.46. The highest BCUT2D eigenvalue weighted by molar-refractivity contribution is 7.18. The van der Waals surface area contributed by atoms with Crippen molar-refractivity contribution in [2.75, 3.05) is 13.7 Å². The molecule has 0 unspecified atom stereocenters. The number of nitrogens with zero attached hydrogens (tertiary/aromatic N) is 2. The van der Waals surface area contributed by atoms with E-state index in [0.717, 1.165) is 34.7 Å². The predicted octanol–water partition coefficient (Wildman–Crippen LogP) is 3.01. The summed E-state index contributed by atoms with van der Waals surface area (Å²) < 4.78 is 6.76. The van der Waals surface area contributed by atoms with Gasteiger partial charge in [-0.15, -0.1) is 11.3 Å². The van der Waals surface area contributed by atoms with Crippen molar-refractivity contribution in [2.24, 2.45) is 0 Å². The number of benzene rings is 1. The maximum atomic E-state index is 12.3. The summed E-state index contributed by atoms with van der Waals surface area (Å²) in [7, 11) is 1.80. The molecule has 118 valence electrons. The fourth-order valence-corrected chi connectivity index (χ4v) is 3.68. The second-order valence-corrected chi connectivity index (χ2v) is 6.84. The molecule has 6 heteroatoms. The van der Waals surface area contributed by atoms with E-state index in [2.05, 4.69) is 16.4 Å². The number of thiazole rings is 1. The van der Waals surface area contributed by atoms with Crippen LogP contribution in [0.5, 0.6) is 0 Å². The molecule has 1 aromatic heterocycles. The van der Waals surface area contributed by atoms with Crippen LogP contribution in [-0.2, 0) is 11.3 Å². The lowest BCUT2D eigenvalue weighted by atomic mass is 10.1. The zero-order chi connectivity index (χ0) is 15.5. The third-order valence-electron chi connectivity index (χ3n) is 3.93. The van der Waals surface area contributed by atoms with Crippen molar-refractivity contribution in [1.29, 1.82) is 0 Å². The Bertz CT molecular complexity index is 619. The molecule has 0 saturated carbocycles. The van der Waals surface area contributed by atoms with Crippen molar-refractivity contribution >= 4 is 27.6 Å². The second-order valence-electron chi connectivity index (χ2n) is 5.72. The third kappa shape index (κ3) is 3.39. The zero-order valence-corrected chi connectivity index (χ0v) is 13.7. The lowest BCUT2D eigenvalue weighted by molar-refractivity contribution is 0.0838. The molecule has 1 fully saturated rings. The van der Waals surface area contributed by atoms with Crippen molar-refractivity contribution in [2.45, 2.75) is 38.5 Å². The number of carbonyl (C=O) groups excluding carboxylic acids is 1. The first-order chi connectivity index (χ1) is 10.6. The number of ether oxygens (including phenoxy) is 1. The summed E-state index contributed by atoms with van der Waals surface area (Å²) >= 11 is 1.63. The average molecular weight is 319 g/mol. The van der Waals surface area contributed by atoms with Crippen LogP contribution in [0.3, 0.4) is 0 Å². The van der Waals surface area contributed by atoms with E-state index in [1.165, 1.54) is 0 Å². The molecule has 1 aliphatic heterocycles. The van der Waals surface area contributed by atoms with Crippen molar-refractivity contribution in [3.05, 3.63) is 29.3 Å². The molecule has 0 bridgehead atoms. The van der Waals surface area contributed by atoms with Crippen molar-refractivity contribution in [1.82, 2.24) is 15.2 Å². The molecule has 0 aliphatic carbocycles. The van der Waals surface area contributed by atoms with Gasteiger partial charge in [-0.25, -0.2) is 9.78 Å². The molecule has 2 heterocycles. The van der Waals surface area contributed by atoms with Crippen LogP contribution in [0, 0.1) is 0 Å². The molecular formula is C16H21N3O2S. The first kappa shape index (κ1) is 15.2. The summed E-state index contributed by atoms with van der Waals surface area (Å²) in [5.74, 6) is 0. The molecule has 2 atom stereocenters. The fourth-order valence-electron chi connectivity index (χ4n) is 2.66. The van der Waals surface area contributed by atoms with E-state index in [1.54, 1.807) is 23.3 Å². The highest BCUT2D eigenvalue weighted by atomic mass is 32.1. The number of hydrogen-bond acceptors (Lipinski definition) is 4. The van der Waals surface area contributed by atoms with Crippen LogP contribution < -0.4 is 5.32 Å². The molecule has 1 saturated heterocycles. The molecular weight excluding hydrogens is 298 g/mol. The van der Waals surface area contributed by atoms with Crippen LogP contribution >= 0.6 is 11.3 Å². The van der Waals surface area contributed by atoms with Gasteiger partial charge in [0.25, 0.3) is 0 Å². The van der Waals surface area contributed by atoms with E-state index in [-0.39, 0.29) is 18.2 Å². The van der Waals surface area contributed by atoms with Gasteiger partial charge in [-0.2, -0.15) is 0 Å². The normalized spacial score (nSPS) is 19.3. The standard InChI is InChI=1S/C16H21N3O2S/c1-11(13-7-5-9-21-13)17-16(20)19(2)10-15-18-12-6-3-4-8-14(12)22-15/h3-4,6,8,11,13H,5,7,9-10H2,1-2H3,(H,17,20)/t11-,13+/m1/s1. The zero-order valence-electron chi connectivity index (χ0n) is 12.9. The minimum absolute atomic E-state index is 0.0350. The molecule has 1 aromatic carbocycles. The number of fused-ring (bicyclic) bond motifs is 1. The maximum Gasteiger partial charge on any atom is 0.317 e. The van der Waals surface area contributed by atoms with Gasteiger partial charge in [-0.3, -0.25) is 0 Å².